The summed E-state index contributed by atoms with van der Waals surface area (Å²) in [5.74, 6) is 6.75. The summed E-state index contributed by atoms with van der Waals surface area (Å²) in [6.45, 7) is 0.750. The summed E-state index contributed by atoms with van der Waals surface area (Å²) in [6, 6.07) is 12.0. The van der Waals surface area contributed by atoms with Gasteiger partial charge in [0.25, 0.3) is 0 Å². The molecule has 0 saturated heterocycles. The predicted octanol–water partition coefficient (Wildman–Crippen LogP) is 3.78. The van der Waals surface area contributed by atoms with Gasteiger partial charge in [-0.1, -0.05) is 39.7 Å². The monoisotopic (exact) mass is 366 g/mol. The fourth-order valence-electron chi connectivity index (χ4n) is 2.69. The number of ether oxygens (including phenoxy) is 1. The maximum Gasteiger partial charge on any atom is 0.125 e. The van der Waals surface area contributed by atoms with Gasteiger partial charge in [-0.25, -0.2) is 0 Å². The zero-order chi connectivity index (χ0) is 14.8. The van der Waals surface area contributed by atoms with Crippen LogP contribution in [0.4, 0.5) is 0 Å². The Bertz CT molecular complexity index is 645. The van der Waals surface area contributed by atoms with Crippen molar-refractivity contribution in [2.24, 2.45) is 5.84 Å². The van der Waals surface area contributed by atoms with Gasteiger partial charge in [0.1, 0.15) is 5.75 Å². The number of hydrazine groups is 1. The van der Waals surface area contributed by atoms with Crippen LogP contribution in [0.15, 0.2) is 40.9 Å². The van der Waals surface area contributed by atoms with E-state index in [1.807, 2.05) is 24.3 Å². The standard InChI is InChI=1S/C16H16BrClN2O/c17-13-7-11-5-6-21-16(11)12(8-13)9-15(20-19)10-1-3-14(18)4-2-10/h1-4,7-8,15,20H,5-6,9,19H2. The molecule has 1 heterocycles. The van der Waals surface area contributed by atoms with E-state index in [-0.39, 0.29) is 6.04 Å². The number of hydrogen-bond acceptors (Lipinski definition) is 3. The zero-order valence-electron chi connectivity index (χ0n) is 11.4. The SMILES string of the molecule is NNC(Cc1cc(Br)cc2c1OCC2)c1ccc(Cl)cc1. The van der Waals surface area contributed by atoms with Crippen LogP contribution in [0.5, 0.6) is 5.75 Å². The number of fused-ring (bicyclic) bond motifs is 1. The Morgan fingerprint density at radius 1 is 1.29 bits per heavy atom. The van der Waals surface area contributed by atoms with Crippen LogP contribution in [0.3, 0.4) is 0 Å². The Morgan fingerprint density at radius 3 is 2.76 bits per heavy atom. The molecule has 0 fully saturated rings. The smallest absolute Gasteiger partial charge is 0.125 e. The van der Waals surface area contributed by atoms with Crippen molar-refractivity contribution in [1.29, 1.82) is 0 Å². The molecule has 1 atom stereocenters. The quantitative estimate of drug-likeness (QED) is 0.638. The van der Waals surface area contributed by atoms with E-state index in [9.17, 15) is 0 Å². The first kappa shape index (κ1) is 14.9. The maximum atomic E-state index is 5.94. The van der Waals surface area contributed by atoms with E-state index in [0.29, 0.717) is 0 Å². The Kier molecular flexibility index (Phi) is 4.50. The molecule has 1 aliphatic heterocycles. The molecule has 1 aliphatic rings. The molecule has 0 aliphatic carbocycles. The second kappa shape index (κ2) is 6.36. The Labute approximate surface area is 137 Å². The summed E-state index contributed by atoms with van der Waals surface area (Å²) in [7, 11) is 0. The van der Waals surface area contributed by atoms with Gasteiger partial charge in [-0.2, -0.15) is 0 Å². The largest absolute Gasteiger partial charge is 0.493 e. The van der Waals surface area contributed by atoms with Crippen molar-refractivity contribution in [2.45, 2.75) is 18.9 Å². The molecular formula is C16H16BrClN2O. The summed E-state index contributed by atoms with van der Waals surface area (Å²) in [4.78, 5) is 0. The van der Waals surface area contributed by atoms with Crippen LogP contribution >= 0.6 is 27.5 Å². The zero-order valence-corrected chi connectivity index (χ0v) is 13.7. The van der Waals surface area contributed by atoms with Crippen LogP contribution in [0.1, 0.15) is 22.7 Å². The highest BCUT2D eigenvalue weighted by atomic mass is 79.9. The predicted molar refractivity (Wildman–Crippen MR) is 88.6 cm³/mol. The van der Waals surface area contributed by atoms with Crippen molar-refractivity contribution in [3.63, 3.8) is 0 Å². The average Bonchev–Trinajstić information content (AvgIpc) is 2.94. The second-order valence-electron chi connectivity index (χ2n) is 5.13. The first-order valence-electron chi connectivity index (χ1n) is 6.83. The van der Waals surface area contributed by atoms with Gasteiger partial charge in [-0.05, 0) is 47.4 Å². The molecule has 2 aromatic rings. The van der Waals surface area contributed by atoms with Gasteiger partial charge in [0.05, 0.1) is 12.6 Å². The molecule has 110 valence electrons. The summed E-state index contributed by atoms with van der Waals surface area (Å²) >= 11 is 9.51. The van der Waals surface area contributed by atoms with Gasteiger partial charge in [0.2, 0.25) is 0 Å². The lowest BCUT2D eigenvalue weighted by atomic mass is 9.97. The van der Waals surface area contributed by atoms with E-state index >= 15 is 0 Å². The lowest BCUT2D eigenvalue weighted by molar-refractivity contribution is 0.351. The lowest BCUT2D eigenvalue weighted by Crippen LogP contribution is -2.29. The summed E-state index contributed by atoms with van der Waals surface area (Å²) in [6.07, 6.45) is 1.73. The van der Waals surface area contributed by atoms with Gasteiger partial charge in [-0.15, -0.1) is 0 Å². The van der Waals surface area contributed by atoms with E-state index < -0.39 is 0 Å². The lowest BCUT2D eigenvalue weighted by Gasteiger charge is -2.18. The van der Waals surface area contributed by atoms with E-state index in [1.165, 1.54) is 5.56 Å². The minimum Gasteiger partial charge on any atom is -0.493 e. The van der Waals surface area contributed by atoms with Crippen molar-refractivity contribution in [2.75, 3.05) is 6.61 Å². The normalized spacial score (nSPS) is 14.6. The molecule has 0 bridgehead atoms. The number of nitrogens with one attached hydrogen (secondary N) is 1. The van der Waals surface area contributed by atoms with Crippen LogP contribution in [0.25, 0.3) is 0 Å². The van der Waals surface area contributed by atoms with Crippen LogP contribution in [0, 0.1) is 0 Å². The number of benzene rings is 2. The minimum atomic E-state index is 0.0184. The van der Waals surface area contributed by atoms with Gasteiger partial charge in [0.15, 0.2) is 0 Å². The molecule has 0 aromatic heterocycles. The van der Waals surface area contributed by atoms with Gasteiger partial charge < -0.3 is 4.74 Å². The molecule has 5 heteroatoms. The highest BCUT2D eigenvalue weighted by Crippen LogP contribution is 2.35. The second-order valence-corrected chi connectivity index (χ2v) is 6.48. The molecule has 3 nitrogen and oxygen atoms in total. The van der Waals surface area contributed by atoms with E-state index in [4.69, 9.17) is 22.2 Å². The van der Waals surface area contributed by atoms with Gasteiger partial charge in [-0.3, -0.25) is 11.3 Å². The molecule has 0 saturated carbocycles. The summed E-state index contributed by atoms with van der Waals surface area (Å²) in [5.41, 5.74) is 6.41. The van der Waals surface area contributed by atoms with E-state index in [2.05, 4.69) is 33.5 Å². The Balaban J connectivity index is 1.89. The van der Waals surface area contributed by atoms with Gasteiger partial charge >= 0.3 is 0 Å². The molecule has 1 unspecified atom stereocenters. The van der Waals surface area contributed by atoms with E-state index in [1.54, 1.807) is 0 Å². The third-order valence-corrected chi connectivity index (χ3v) is 4.43. The van der Waals surface area contributed by atoms with Crippen molar-refractivity contribution in [1.82, 2.24) is 5.43 Å². The van der Waals surface area contributed by atoms with Crippen LogP contribution in [-0.4, -0.2) is 6.61 Å². The molecule has 0 radical (unpaired) electrons. The number of halogens is 2. The molecule has 3 rings (SSSR count). The molecule has 0 spiro atoms. The first-order valence-corrected chi connectivity index (χ1v) is 8.00. The maximum absolute atomic E-state index is 5.94. The Morgan fingerprint density at radius 2 is 2.05 bits per heavy atom. The fraction of sp³-hybridized carbons (Fsp3) is 0.250. The van der Waals surface area contributed by atoms with Crippen molar-refractivity contribution in [3.8, 4) is 5.75 Å². The highest BCUT2D eigenvalue weighted by Gasteiger charge is 2.20. The third kappa shape index (κ3) is 3.24. The van der Waals surface area contributed by atoms with Crippen LogP contribution in [-0.2, 0) is 12.8 Å². The average molecular weight is 368 g/mol. The fourth-order valence-corrected chi connectivity index (χ4v) is 3.36. The molecule has 21 heavy (non-hydrogen) atoms. The number of nitrogens with two attached hydrogens (primary N) is 1. The Hall–Kier alpha value is -1.07. The molecule has 3 N–H and O–H groups in total. The first-order chi connectivity index (χ1) is 10.2. The topological polar surface area (TPSA) is 47.3 Å². The minimum absolute atomic E-state index is 0.0184. The summed E-state index contributed by atoms with van der Waals surface area (Å²) in [5, 5.41) is 0.723. The molecular weight excluding hydrogens is 352 g/mol. The summed E-state index contributed by atoms with van der Waals surface area (Å²) < 4.78 is 6.85. The van der Waals surface area contributed by atoms with E-state index in [0.717, 1.165) is 45.8 Å². The van der Waals surface area contributed by atoms with Crippen LogP contribution < -0.4 is 16.0 Å². The molecule has 0 amide bonds. The highest BCUT2D eigenvalue weighted by molar-refractivity contribution is 9.10. The number of rotatable bonds is 4. The van der Waals surface area contributed by atoms with Crippen molar-refractivity contribution < 1.29 is 4.74 Å². The van der Waals surface area contributed by atoms with Crippen LogP contribution in [0.2, 0.25) is 5.02 Å². The molecule has 2 aromatic carbocycles. The van der Waals surface area contributed by atoms with Gasteiger partial charge in [0, 0.05) is 15.9 Å². The third-order valence-electron chi connectivity index (χ3n) is 3.72. The van der Waals surface area contributed by atoms with Crippen molar-refractivity contribution >= 4 is 27.5 Å². The van der Waals surface area contributed by atoms with Crippen molar-refractivity contribution in [3.05, 3.63) is 62.6 Å². The number of hydrogen-bond donors (Lipinski definition) is 2.